The van der Waals surface area contributed by atoms with Gasteiger partial charge in [-0.2, -0.15) is 5.10 Å². The van der Waals surface area contributed by atoms with Crippen LogP contribution in [0, 0.1) is 11.3 Å². The van der Waals surface area contributed by atoms with Gasteiger partial charge in [0.25, 0.3) is 0 Å². The third-order valence-corrected chi connectivity index (χ3v) is 4.86. The number of amides is 1. The summed E-state index contributed by atoms with van der Waals surface area (Å²) in [4.78, 5) is 23.5. The highest BCUT2D eigenvalue weighted by Crippen LogP contribution is 2.28. The highest BCUT2D eigenvalue weighted by molar-refractivity contribution is 5.81. The summed E-state index contributed by atoms with van der Waals surface area (Å²) in [5.41, 5.74) is 2.62. The minimum absolute atomic E-state index is 0.251. The van der Waals surface area contributed by atoms with Gasteiger partial charge in [-0.05, 0) is 31.2 Å². The third kappa shape index (κ3) is 3.89. The van der Waals surface area contributed by atoms with Crippen LogP contribution in [0.4, 0.5) is 0 Å². The number of aryl methyl sites for hydroxylation is 1. The maximum atomic E-state index is 12.4. The molecule has 3 heterocycles. The Labute approximate surface area is 149 Å². The minimum atomic E-state index is -0.301. The van der Waals surface area contributed by atoms with Crippen LogP contribution in [0.1, 0.15) is 39.3 Å². The molecule has 0 aromatic carbocycles. The van der Waals surface area contributed by atoms with E-state index in [4.69, 9.17) is 0 Å². The van der Waals surface area contributed by atoms with Crippen LogP contribution < -0.4 is 0 Å². The molecule has 0 unspecified atom stereocenters. The lowest BCUT2D eigenvalue weighted by atomic mass is 9.88. The van der Waals surface area contributed by atoms with Crippen molar-refractivity contribution in [3.05, 3.63) is 30.4 Å². The summed E-state index contributed by atoms with van der Waals surface area (Å²) in [5, 5.41) is 4.24. The van der Waals surface area contributed by atoms with E-state index in [1.165, 1.54) is 0 Å². The Bertz CT molecular complexity index is 738. The summed E-state index contributed by atoms with van der Waals surface area (Å²) in [5.74, 6) is 0.786. The molecule has 3 rings (SSSR count). The molecule has 6 heteroatoms. The topological polar surface area (TPSA) is 63.9 Å². The van der Waals surface area contributed by atoms with Gasteiger partial charge in [-0.1, -0.05) is 20.8 Å². The zero-order valence-corrected chi connectivity index (χ0v) is 15.6. The zero-order valence-electron chi connectivity index (χ0n) is 15.6. The summed E-state index contributed by atoms with van der Waals surface area (Å²) in [7, 11) is 1.92. The monoisotopic (exact) mass is 341 g/mol. The van der Waals surface area contributed by atoms with E-state index in [-0.39, 0.29) is 11.3 Å². The lowest BCUT2D eigenvalue weighted by Crippen LogP contribution is -2.44. The molecule has 0 N–H and O–H groups in total. The Kier molecular flexibility index (Phi) is 4.88. The molecule has 0 saturated carbocycles. The van der Waals surface area contributed by atoms with Gasteiger partial charge in [0, 0.05) is 44.1 Å². The first-order valence-electron chi connectivity index (χ1n) is 8.94. The highest BCUT2D eigenvalue weighted by Gasteiger charge is 2.30. The molecular weight excluding hydrogens is 314 g/mol. The predicted octanol–water partition coefficient (Wildman–Crippen LogP) is 2.70. The molecule has 134 valence electrons. The molecule has 1 aliphatic heterocycles. The molecule has 1 amide bonds. The molecule has 0 radical (unpaired) electrons. The fourth-order valence-electron chi connectivity index (χ4n) is 3.42. The molecule has 1 aliphatic rings. The number of rotatable bonds is 3. The molecule has 0 aliphatic carbocycles. The Morgan fingerprint density at radius 1 is 1.16 bits per heavy atom. The third-order valence-electron chi connectivity index (χ3n) is 4.86. The van der Waals surface area contributed by atoms with Gasteiger partial charge in [0.15, 0.2) is 0 Å². The van der Waals surface area contributed by atoms with Crippen LogP contribution in [0.25, 0.3) is 11.4 Å². The standard InChI is InChI=1S/C19H27N5O/c1-19(2,3)18(25)24-11-6-14(7-12-24)13-15-17(21-10-9-20-15)16-5-8-22-23(16)4/h5,8-10,14H,6-7,11-13H2,1-4H3. The van der Waals surface area contributed by atoms with Gasteiger partial charge in [-0.15, -0.1) is 0 Å². The quantitative estimate of drug-likeness (QED) is 0.861. The van der Waals surface area contributed by atoms with E-state index in [2.05, 4.69) is 15.1 Å². The Hall–Kier alpha value is -2.24. The second-order valence-corrected chi connectivity index (χ2v) is 7.88. The number of likely N-dealkylation sites (tertiary alicyclic amines) is 1. The molecule has 2 aromatic rings. The van der Waals surface area contributed by atoms with E-state index in [0.717, 1.165) is 49.4 Å². The molecule has 0 atom stereocenters. The summed E-state index contributed by atoms with van der Waals surface area (Å²) in [6, 6.07) is 1.97. The number of carbonyl (C=O) groups excluding carboxylic acids is 1. The summed E-state index contributed by atoms with van der Waals surface area (Å²) in [6.45, 7) is 7.63. The van der Waals surface area contributed by atoms with Crippen molar-refractivity contribution in [2.24, 2.45) is 18.4 Å². The van der Waals surface area contributed by atoms with Gasteiger partial charge in [0.05, 0.1) is 11.4 Å². The van der Waals surface area contributed by atoms with Gasteiger partial charge in [0.1, 0.15) is 5.69 Å². The second kappa shape index (κ2) is 6.94. The minimum Gasteiger partial charge on any atom is -0.342 e. The first kappa shape index (κ1) is 17.6. The number of hydrogen-bond donors (Lipinski definition) is 0. The molecular formula is C19H27N5O. The largest absolute Gasteiger partial charge is 0.342 e. The van der Waals surface area contributed by atoms with Gasteiger partial charge in [-0.25, -0.2) is 0 Å². The lowest BCUT2D eigenvalue weighted by molar-refractivity contribution is -0.140. The van der Waals surface area contributed by atoms with Gasteiger partial charge < -0.3 is 4.90 Å². The number of aromatic nitrogens is 4. The predicted molar refractivity (Wildman–Crippen MR) is 96.7 cm³/mol. The first-order chi connectivity index (χ1) is 11.9. The van der Waals surface area contributed by atoms with Gasteiger partial charge in [-0.3, -0.25) is 19.4 Å². The zero-order chi connectivity index (χ0) is 18.0. The summed E-state index contributed by atoms with van der Waals surface area (Å²) < 4.78 is 1.83. The SMILES string of the molecule is Cn1nccc1-c1nccnc1CC1CCN(C(=O)C(C)(C)C)CC1. The van der Waals surface area contributed by atoms with Crippen LogP contribution in [0.15, 0.2) is 24.7 Å². The summed E-state index contributed by atoms with van der Waals surface area (Å²) >= 11 is 0. The molecule has 1 fully saturated rings. The number of nitrogens with zero attached hydrogens (tertiary/aromatic N) is 5. The fraction of sp³-hybridized carbons (Fsp3) is 0.579. The van der Waals surface area contributed by atoms with Crippen LogP contribution >= 0.6 is 0 Å². The number of carbonyl (C=O) groups is 1. The van der Waals surface area contributed by atoms with Crippen LogP contribution in [-0.2, 0) is 18.3 Å². The van der Waals surface area contributed by atoms with Crippen molar-refractivity contribution in [3.8, 4) is 11.4 Å². The van der Waals surface area contributed by atoms with Crippen molar-refractivity contribution >= 4 is 5.91 Å². The molecule has 6 nitrogen and oxygen atoms in total. The maximum Gasteiger partial charge on any atom is 0.227 e. The number of piperidine rings is 1. The normalized spacial score (nSPS) is 16.2. The van der Waals surface area contributed by atoms with E-state index in [0.29, 0.717) is 5.92 Å². The van der Waals surface area contributed by atoms with E-state index >= 15 is 0 Å². The van der Waals surface area contributed by atoms with Crippen molar-refractivity contribution in [2.45, 2.75) is 40.0 Å². The average molecular weight is 341 g/mol. The first-order valence-corrected chi connectivity index (χ1v) is 8.94. The average Bonchev–Trinajstić information content (AvgIpc) is 3.00. The van der Waals surface area contributed by atoms with Crippen molar-refractivity contribution < 1.29 is 4.79 Å². The molecule has 0 spiro atoms. The molecule has 1 saturated heterocycles. The smallest absolute Gasteiger partial charge is 0.227 e. The van der Waals surface area contributed by atoms with E-state index in [9.17, 15) is 4.79 Å². The van der Waals surface area contributed by atoms with Crippen LogP contribution in [0.5, 0.6) is 0 Å². The Balaban J connectivity index is 1.68. The van der Waals surface area contributed by atoms with Crippen molar-refractivity contribution in [1.82, 2.24) is 24.6 Å². The molecule has 0 bridgehead atoms. The van der Waals surface area contributed by atoms with Crippen LogP contribution in [-0.4, -0.2) is 43.6 Å². The Morgan fingerprint density at radius 2 is 1.84 bits per heavy atom. The van der Waals surface area contributed by atoms with Crippen LogP contribution in [0.2, 0.25) is 0 Å². The fourth-order valence-corrected chi connectivity index (χ4v) is 3.42. The molecule has 2 aromatic heterocycles. The van der Waals surface area contributed by atoms with E-state index in [1.54, 1.807) is 18.6 Å². The Morgan fingerprint density at radius 3 is 2.44 bits per heavy atom. The van der Waals surface area contributed by atoms with Gasteiger partial charge >= 0.3 is 0 Å². The van der Waals surface area contributed by atoms with Crippen LogP contribution in [0.3, 0.4) is 0 Å². The van der Waals surface area contributed by atoms with E-state index in [1.807, 2.05) is 43.5 Å². The highest BCUT2D eigenvalue weighted by atomic mass is 16.2. The van der Waals surface area contributed by atoms with E-state index < -0.39 is 0 Å². The van der Waals surface area contributed by atoms with Gasteiger partial charge in [0.2, 0.25) is 5.91 Å². The summed E-state index contributed by atoms with van der Waals surface area (Å²) in [6.07, 6.45) is 8.20. The second-order valence-electron chi connectivity index (χ2n) is 7.88. The lowest BCUT2D eigenvalue weighted by Gasteiger charge is -2.35. The molecule has 25 heavy (non-hydrogen) atoms. The maximum absolute atomic E-state index is 12.4. The van der Waals surface area contributed by atoms with Crippen molar-refractivity contribution in [1.29, 1.82) is 0 Å². The van der Waals surface area contributed by atoms with Crippen molar-refractivity contribution in [3.63, 3.8) is 0 Å². The number of hydrogen-bond acceptors (Lipinski definition) is 4. The van der Waals surface area contributed by atoms with Crippen molar-refractivity contribution in [2.75, 3.05) is 13.1 Å².